The highest BCUT2D eigenvalue weighted by Gasteiger charge is 2.28. The third-order valence-electron chi connectivity index (χ3n) is 6.25. The first-order valence-electron chi connectivity index (χ1n) is 11.4. The van der Waals surface area contributed by atoms with Gasteiger partial charge in [0.05, 0.1) is 0 Å². The summed E-state index contributed by atoms with van der Waals surface area (Å²) in [5.74, 6) is 0.969. The second-order valence-corrected chi connectivity index (χ2v) is 15.9. The maximum Gasteiger partial charge on any atom is 0.407 e. The van der Waals surface area contributed by atoms with Crippen molar-refractivity contribution in [1.29, 1.82) is 0 Å². The summed E-state index contributed by atoms with van der Waals surface area (Å²) >= 11 is 0. The van der Waals surface area contributed by atoms with Crippen LogP contribution >= 0.6 is 0 Å². The lowest BCUT2D eigenvalue weighted by atomic mass is 9.77. The first-order valence-corrected chi connectivity index (χ1v) is 15.1. The molecule has 0 bridgehead atoms. The first kappa shape index (κ1) is 25.1. The van der Waals surface area contributed by atoms with Crippen LogP contribution in [0.5, 0.6) is 0 Å². The van der Waals surface area contributed by atoms with E-state index in [4.69, 9.17) is 0 Å². The molecule has 1 fully saturated rings. The fourth-order valence-electron chi connectivity index (χ4n) is 4.53. The van der Waals surface area contributed by atoms with E-state index < -0.39 is 14.2 Å². The van der Waals surface area contributed by atoms with E-state index in [2.05, 4.69) is 25.0 Å². The summed E-state index contributed by atoms with van der Waals surface area (Å²) in [6.07, 6.45) is 6.57. The van der Waals surface area contributed by atoms with E-state index in [-0.39, 0.29) is 18.5 Å². The van der Waals surface area contributed by atoms with E-state index in [1.807, 2.05) is 0 Å². The van der Waals surface area contributed by atoms with Crippen molar-refractivity contribution < 1.29 is 19.5 Å². The average molecular weight is 447 g/mol. The Morgan fingerprint density at radius 3 is 2.61 bits per heavy atom. The van der Waals surface area contributed by atoms with Crippen LogP contribution in [0.3, 0.4) is 0 Å². The molecular weight excluding hydrogens is 408 g/mol. The molecular formula is C24H38N2O4Si. The SMILES string of the molecule is CN(CC(CC1CCCC(CC[Si](C)(C)C)C1)NC(=O)c1cccc(C=O)c1)C(=O)O. The number of carboxylic acid groups (broad SMARTS) is 1. The molecule has 7 heteroatoms. The van der Waals surface area contributed by atoms with Crippen LogP contribution in [-0.4, -0.2) is 56.0 Å². The minimum Gasteiger partial charge on any atom is -0.465 e. The number of amides is 2. The van der Waals surface area contributed by atoms with E-state index in [0.29, 0.717) is 17.0 Å². The van der Waals surface area contributed by atoms with Crippen LogP contribution in [-0.2, 0) is 0 Å². The molecule has 1 aliphatic carbocycles. The van der Waals surface area contributed by atoms with Gasteiger partial charge < -0.3 is 15.3 Å². The molecule has 1 saturated carbocycles. The lowest BCUT2D eigenvalue weighted by molar-refractivity contribution is 0.0907. The van der Waals surface area contributed by atoms with Gasteiger partial charge in [-0.05, 0) is 36.8 Å². The van der Waals surface area contributed by atoms with Crippen LogP contribution in [0.2, 0.25) is 25.7 Å². The molecule has 3 atom stereocenters. The van der Waals surface area contributed by atoms with Gasteiger partial charge in [0, 0.05) is 38.8 Å². The molecule has 3 unspecified atom stereocenters. The summed E-state index contributed by atoms with van der Waals surface area (Å²) in [6, 6.07) is 7.66. The number of carbonyl (C=O) groups excluding carboxylic acids is 2. The van der Waals surface area contributed by atoms with Crippen molar-refractivity contribution in [3.63, 3.8) is 0 Å². The van der Waals surface area contributed by atoms with Crippen molar-refractivity contribution in [2.75, 3.05) is 13.6 Å². The van der Waals surface area contributed by atoms with Crippen molar-refractivity contribution >= 4 is 26.4 Å². The number of carbonyl (C=O) groups is 3. The highest BCUT2D eigenvalue weighted by Crippen LogP contribution is 2.35. The average Bonchev–Trinajstić information content (AvgIpc) is 2.72. The van der Waals surface area contributed by atoms with E-state index in [1.54, 1.807) is 24.3 Å². The second kappa shape index (κ2) is 11.5. The Balaban J connectivity index is 2.04. The molecule has 0 saturated heterocycles. The van der Waals surface area contributed by atoms with Crippen molar-refractivity contribution in [2.45, 2.75) is 70.3 Å². The summed E-state index contributed by atoms with van der Waals surface area (Å²) in [5, 5.41) is 12.4. The van der Waals surface area contributed by atoms with Gasteiger partial charge in [-0.2, -0.15) is 0 Å². The zero-order chi connectivity index (χ0) is 23.0. The smallest absolute Gasteiger partial charge is 0.407 e. The summed E-state index contributed by atoms with van der Waals surface area (Å²) in [4.78, 5) is 36.4. The Morgan fingerprint density at radius 2 is 1.97 bits per heavy atom. The number of nitrogens with one attached hydrogen (secondary N) is 1. The van der Waals surface area contributed by atoms with Gasteiger partial charge in [-0.25, -0.2) is 4.79 Å². The fourth-order valence-corrected chi connectivity index (χ4v) is 5.80. The predicted molar refractivity (Wildman–Crippen MR) is 127 cm³/mol. The molecule has 1 aromatic rings. The number of nitrogens with zero attached hydrogens (tertiary/aromatic N) is 1. The molecule has 1 aliphatic rings. The van der Waals surface area contributed by atoms with Crippen LogP contribution in [0.1, 0.15) is 59.2 Å². The Labute approximate surface area is 187 Å². The molecule has 31 heavy (non-hydrogen) atoms. The minimum atomic E-state index is -1.05. The molecule has 2 N–H and O–H groups in total. The van der Waals surface area contributed by atoms with E-state index in [0.717, 1.165) is 31.5 Å². The quantitative estimate of drug-likeness (QED) is 0.385. The second-order valence-electron chi connectivity index (χ2n) is 10.3. The molecule has 0 aromatic heterocycles. The van der Waals surface area contributed by atoms with Crippen molar-refractivity contribution in [1.82, 2.24) is 10.2 Å². The van der Waals surface area contributed by atoms with E-state index in [1.165, 1.54) is 37.3 Å². The molecule has 0 radical (unpaired) electrons. The number of likely N-dealkylation sites (N-methyl/N-ethyl adjacent to an activating group) is 1. The molecule has 0 spiro atoms. The van der Waals surface area contributed by atoms with Crippen molar-refractivity contribution in [2.24, 2.45) is 11.8 Å². The Hall–Kier alpha value is -2.15. The highest BCUT2D eigenvalue weighted by atomic mass is 28.3. The van der Waals surface area contributed by atoms with Gasteiger partial charge in [-0.3, -0.25) is 9.59 Å². The third kappa shape index (κ3) is 8.85. The van der Waals surface area contributed by atoms with Gasteiger partial charge in [-0.1, -0.05) is 63.5 Å². The van der Waals surface area contributed by atoms with Gasteiger partial charge in [0.25, 0.3) is 5.91 Å². The number of aldehydes is 1. The minimum absolute atomic E-state index is 0.254. The van der Waals surface area contributed by atoms with E-state index >= 15 is 0 Å². The zero-order valence-corrected chi connectivity index (χ0v) is 20.4. The van der Waals surface area contributed by atoms with Crippen molar-refractivity contribution in [3.05, 3.63) is 35.4 Å². The molecule has 6 nitrogen and oxygen atoms in total. The van der Waals surface area contributed by atoms with Crippen LogP contribution in [0.25, 0.3) is 0 Å². The summed E-state index contributed by atoms with van der Waals surface area (Å²) < 4.78 is 0. The number of hydrogen-bond acceptors (Lipinski definition) is 3. The third-order valence-corrected chi connectivity index (χ3v) is 8.04. The molecule has 2 rings (SSSR count). The Kier molecular flexibility index (Phi) is 9.28. The number of benzene rings is 1. The lowest BCUT2D eigenvalue weighted by Gasteiger charge is -2.33. The topological polar surface area (TPSA) is 86.7 Å². The molecule has 0 aliphatic heterocycles. The van der Waals surface area contributed by atoms with Crippen molar-refractivity contribution in [3.8, 4) is 0 Å². The monoisotopic (exact) mass is 446 g/mol. The Bertz CT molecular complexity index is 762. The van der Waals surface area contributed by atoms with Crippen LogP contribution < -0.4 is 5.32 Å². The van der Waals surface area contributed by atoms with Gasteiger partial charge in [0.1, 0.15) is 6.29 Å². The molecule has 172 valence electrons. The fraction of sp³-hybridized carbons (Fsp3) is 0.625. The first-order chi connectivity index (χ1) is 14.6. The van der Waals surface area contributed by atoms with Gasteiger partial charge >= 0.3 is 6.09 Å². The summed E-state index contributed by atoms with van der Waals surface area (Å²) in [7, 11) is 0.483. The van der Waals surface area contributed by atoms with Gasteiger partial charge in [0.2, 0.25) is 0 Å². The summed E-state index contributed by atoms with van der Waals surface area (Å²) in [5.41, 5.74) is 0.869. The number of rotatable bonds is 10. The predicted octanol–water partition coefficient (Wildman–Crippen LogP) is 5.13. The van der Waals surface area contributed by atoms with Crippen LogP contribution in [0.4, 0.5) is 4.79 Å². The van der Waals surface area contributed by atoms with Crippen LogP contribution in [0.15, 0.2) is 24.3 Å². The van der Waals surface area contributed by atoms with Gasteiger partial charge in [-0.15, -0.1) is 0 Å². The van der Waals surface area contributed by atoms with E-state index in [9.17, 15) is 19.5 Å². The molecule has 2 amide bonds. The maximum atomic E-state index is 12.8. The zero-order valence-electron chi connectivity index (χ0n) is 19.4. The Morgan fingerprint density at radius 1 is 1.26 bits per heavy atom. The highest BCUT2D eigenvalue weighted by molar-refractivity contribution is 6.76. The summed E-state index contributed by atoms with van der Waals surface area (Å²) in [6.45, 7) is 7.51. The molecule has 1 aromatic carbocycles. The lowest BCUT2D eigenvalue weighted by Crippen LogP contribution is -2.45. The molecule has 0 heterocycles. The normalized spacial score (nSPS) is 20.0. The number of hydrogen-bond donors (Lipinski definition) is 2. The largest absolute Gasteiger partial charge is 0.465 e. The van der Waals surface area contributed by atoms with Crippen LogP contribution in [0, 0.1) is 11.8 Å². The maximum absolute atomic E-state index is 12.8. The van der Waals surface area contributed by atoms with Gasteiger partial charge in [0.15, 0.2) is 0 Å². The standard InChI is InChI=1S/C24H38N2O4Si/c1-26(24(29)30)16-22(25-23(28)21-10-6-9-20(14-21)17-27)15-19-8-5-7-18(13-19)11-12-31(2,3)4/h6,9-10,14,17-19,22H,5,7-8,11-13,15-16H2,1-4H3,(H,25,28)(H,29,30).